The third-order valence-electron chi connectivity index (χ3n) is 6.45. The molecule has 5 nitrogen and oxygen atoms in total. The van der Waals surface area contributed by atoms with Gasteiger partial charge in [0.1, 0.15) is 0 Å². The molecule has 3 fully saturated rings. The zero-order valence-electron chi connectivity index (χ0n) is 16.8. The molecular weight excluding hydrogens is 344 g/mol. The second kappa shape index (κ2) is 7.33. The van der Waals surface area contributed by atoms with Gasteiger partial charge in [0.2, 0.25) is 5.79 Å². The first kappa shape index (κ1) is 20.5. The molecule has 0 aromatic heterocycles. The van der Waals surface area contributed by atoms with E-state index in [2.05, 4.69) is 25.7 Å². The summed E-state index contributed by atoms with van der Waals surface area (Å²) in [5.41, 5.74) is 0.0628. The highest BCUT2D eigenvalue weighted by Gasteiger charge is 2.54. The molecule has 1 saturated heterocycles. The number of hydrogen-bond donors (Lipinski definition) is 2. The maximum Gasteiger partial charge on any atom is 0.238 e. The summed E-state index contributed by atoms with van der Waals surface area (Å²) >= 11 is 0. The summed E-state index contributed by atoms with van der Waals surface area (Å²) in [4.78, 5) is 12.4. The summed E-state index contributed by atoms with van der Waals surface area (Å²) in [5.74, 6) is 2.02. The molecule has 0 aromatic carbocycles. The van der Waals surface area contributed by atoms with Crippen molar-refractivity contribution in [2.24, 2.45) is 29.1 Å². The van der Waals surface area contributed by atoms with Gasteiger partial charge < -0.3 is 19.7 Å². The van der Waals surface area contributed by atoms with Crippen molar-refractivity contribution in [3.05, 3.63) is 12.2 Å². The first-order valence-corrected chi connectivity index (χ1v) is 9.96. The summed E-state index contributed by atoms with van der Waals surface area (Å²) in [6, 6.07) is 0. The second-order valence-corrected chi connectivity index (χ2v) is 9.31. The van der Waals surface area contributed by atoms with Crippen LogP contribution in [0.4, 0.5) is 0 Å². The van der Waals surface area contributed by atoms with Crippen LogP contribution >= 0.6 is 0 Å². The van der Waals surface area contributed by atoms with Gasteiger partial charge in [0.05, 0.1) is 19.1 Å². The van der Waals surface area contributed by atoms with Gasteiger partial charge in [0, 0.05) is 18.3 Å². The summed E-state index contributed by atoms with van der Waals surface area (Å²) in [5, 5.41) is 19.8. The van der Waals surface area contributed by atoms with E-state index in [1.807, 2.05) is 6.08 Å². The van der Waals surface area contributed by atoms with Crippen molar-refractivity contribution in [1.82, 2.24) is 0 Å². The average Bonchev–Trinajstić information content (AvgIpc) is 3.13. The van der Waals surface area contributed by atoms with Gasteiger partial charge >= 0.3 is 0 Å². The molecular formula is C22H32O5. The Balaban J connectivity index is 1.62. The van der Waals surface area contributed by atoms with Crippen LogP contribution in [0.5, 0.6) is 0 Å². The molecule has 0 bridgehead atoms. The molecule has 4 unspecified atom stereocenters. The van der Waals surface area contributed by atoms with Crippen LogP contribution < -0.4 is 0 Å². The van der Waals surface area contributed by atoms with Gasteiger partial charge in [-0.05, 0) is 56.4 Å². The lowest BCUT2D eigenvalue weighted by Crippen LogP contribution is -2.46. The van der Waals surface area contributed by atoms with E-state index in [1.54, 1.807) is 0 Å². The van der Waals surface area contributed by atoms with Crippen LogP contribution in [0.1, 0.15) is 53.4 Å². The van der Waals surface area contributed by atoms with Crippen molar-refractivity contribution in [3.8, 4) is 11.8 Å². The highest BCUT2D eigenvalue weighted by Crippen LogP contribution is 2.55. The van der Waals surface area contributed by atoms with Crippen molar-refractivity contribution in [3.63, 3.8) is 0 Å². The van der Waals surface area contributed by atoms with Gasteiger partial charge in [0.25, 0.3) is 0 Å². The van der Waals surface area contributed by atoms with E-state index < -0.39 is 17.5 Å². The first-order valence-electron chi connectivity index (χ1n) is 9.96. The van der Waals surface area contributed by atoms with Crippen LogP contribution in [0.25, 0.3) is 0 Å². The zero-order valence-corrected chi connectivity index (χ0v) is 16.8. The maximum absolute atomic E-state index is 12.4. The SMILES string of the molecule is CC#CC(O)(O)C(C)C(=O)/C=C/C1CCC2CC3(CC12)OCC(C)(C)CO3. The zero-order chi connectivity index (χ0) is 19.9. The molecule has 0 amide bonds. The van der Waals surface area contributed by atoms with Gasteiger partial charge in [-0.15, -0.1) is 5.92 Å². The summed E-state index contributed by atoms with van der Waals surface area (Å²) in [6.07, 6.45) is 7.43. The summed E-state index contributed by atoms with van der Waals surface area (Å²) in [7, 11) is 0. The van der Waals surface area contributed by atoms with Crippen molar-refractivity contribution in [1.29, 1.82) is 0 Å². The van der Waals surface area contributed by atoms with E-state index in [0.29, 0.717) is 17.8 Å². The van der Waals surface area contributed by atoms with Crippen molar-refractivity contribution >= 4 is 5.78 Å². The standard InChI is InChI=1S/C22H32O5/c1-5-10-22(24,25)15(2)19(23)9-8-16-6-7-17-11-21(12-18(16)17)26-13-20(3,4)14-27-21/h8-9,15-18,24-25H,6-7,11-14H2,1-4H3/b9-8+. The molecule has 27 heavy (non-hydrogen) atoms. The van der Waals surface area contributed by atoms with Crippen LogP contribution in [-0.2, 0) is 14.3 Å². The second-order valence-electron chi connectivity index (χ2n) is 9.31. The van der Waals surface area contributed by atoms with Crippen molar-refractivity contribution in [2.75, 3.05) is 13.2 Å². The van der Waals surface area contributed by atoms with E-state index in [9.17, 15) is 15.0 Å². The van der Waals surface area contributed by atoms with E-state index in [1.165, 1.54) is 19.9 Å². The van der Waals surface area contributed by atoms with E-state index >= 15 is 0 Å². The predicted octanol–water partition coefficient (Wildman–Crippen LogP) is 2.66. The third kappa shape index (κ3) is 4.30. The number of ketones is 1. The van der Waals surface area contributed by atoms with Crippen LogP contribution in [0, 0.1) is 40.9 Å². The number of fused-ring (bicyclic) bond motifs is 1. The molecule has 3 rings (SSSR count). The molecule has 2 saturated carbocycles. The fraction of sp³-hybridized carbons (Fsp3) is 0.773. The number of aliphatic hydroxyl groups is 2. The van der Waals surface area contributed by atoms with Crippen molar-refractivity contribution in [2.45, 2.75) is 65.0 Å². The smallest absolute Gasteiger partial charge is 0.238 e. The minimum absolute atomic E-state index is 0.0628. The number of allylic oxidation sites excluding steroid dienone is 2. The summed E-state index contributed by atoms with van der Waals surface area (Å²) < 4.78 is 12.3. The van der Waals surface area contributed by atoms with E-state index in [0.717, 1.165) is 38.9 Å². The molecule has 2 N–H and O–H groups in total. The Hall–Kier alpha value is -1.19. The number of carbonyl (C=O) groups excluding carboxylic acids is 1. The normalized spacial score (nSPS) is 32.9. The van der Waals surface area contributed by atoms with Gasteiger partial charge in [0.15, 0.2) is 11.6 Å². The Morgan fingerprint density at radius 1 is 1.22 bits per heavy atom. The van der Waals surface area contributed by atoms with Crippen LogP contribution in [0.2, 0.25) is 0 Å². The molecule has 1 aliphatic heterocycles. The molecule has 0 radical (unpaired) electrons. The highest BCUT2D eigenvalue weighted by molar-refractivity contribution is 5.92. The molecule has 2 aliphatic carbocycles. The number of carbonyl (C=O) groups is 1. The van der Waals surface area contributed by atoms with E-state index in [4.69, 9.17) is 9.47 Å². The first-order chi connectivity index (χ1) is 12.6. The quantitative estimate of drug-likeness (QED) is 0.448. The maximum atomic E-state index is 12.4. The Bertz CT molecular complexity index is 656. The molecule has 150 valence electrons. The van der Waals surface area contributed by atoms with Gasteiger partial charge in [-0.25, -0.2) is 0 Å². The average molecular weight is 376 g/mol. The lowest BCUT2D eigenvalue weighted by atomic mass is 9.89. The van der Waals surface area contributed by atoms with E-state index in [-0.39, 0.29) is 11.2 Å². The largest absolute Gasteiger partial charge is 0.355 e. The Kier molecular flexibility index (Phi) is 5.58. The van der Waals surface area contributed by atoms with Crippen molar-refractivity contribution < 1.29 is 24.5 Å². The highest BCUT2D eigenvalue weighted by atomic mass is 16.7. The molecule has 0 aromatic rings. The van der Waals surface area contributed by atoms with Crippen LogP contribution in [0.15, 0.2) is 12.2 Å². The fourth-order valence-corrected chi connectivity index (χ4v) is 4.66. The lowest BCUT2D eigenvalue weighted by Gasteiger charge is -2.42. The fourth-order valence-electron chi connectivity index (χ4n) is 4.66. The number of rotatable bonds is 4. The Morgan fingerprint density at radius 3 is 2.52 bits per heavy atom. The van der Waals surface area contributed by atoms with Gasteiger partial charge in [-0.3, -0.25) is 4.79 Å². The lowest BCUT2D eigenvalue weighted by molar-refractivity contribution is -0.297. The minimum atomic E-state index is -2.29. The van der Waals surface area contributed by atoms with Gasteiger partial charge in [-0.1, -0.05) is 19.9 Å². The molecule has 1 spiro atoms. The Morgan fingerprint density at radius 2 is 1.89 bits per heavy atom. The van der Waals surface area contributed by atoms with Gasteiger partial charge in [-0.2, -0.15) is 0 Å². The monoisotopic (exact) mass is 376 g/mol. The predicted molar refractivity (Wildman–Crippen MR) is 101 cm³/mol. The summed E-state index contributed by atoms with van der Waals surface area (Å²) in [6.45, 7) is 8.75. The molecule has 1 heterocycles. The number of hydrogen-bond acceptors (Lipinski definition) is 5. The minimum Gasteiger partial charge on any atom is -0.355 e. The molecule has 3 aliphatic rings. The topological polar surface area (TPSA) is 76.0 Å². The Labute approximate surface area is 162 Å². The molecule has 5 heteroatoms. The molecule has 4 atom stereocenters. The van der Waals surface area contributed by atoms with Crippen LogP contribution in [0.3, 0.4) is 0 Å². The third-order valence-corrected chi connectivity index (χ3v) is 6.45. The van der Waals surface area contributed by atoms with Crippen LogP contribution in [-0.4, -0.2) is 40.8 Å². The number of ether oxygens (including phenoxy) is 2.